The van der Waals surface area contributed by atoms with E-state index in [4.69, 9.17) is 0 Å². The molecule has 0 saturated heterocycles. The fraction of sp³-hybridized carbons (Fsp3) is 0.0909. The van der Waals surface area contributed by atoms with Gasteiger partial charge in [0.25, 0.3) is 5.56 Å². The predicted molar refractivity (Wildman–Crippen MR) is 64.6 cm³/mol. The van der Waals surface area contributed by atoms with Crippen LogP contribution in [-0.4, -0.2) is 9.55 Å². The number of nitrogens with one attached hydrogen (secondary N) is 1. The van der Waals surface area contributed by atoms with E-state index in [-0.39, 0.29) is 12.4 Å². The summed E-state index contributed by atoms with van der Waals surface area (Å²) >= 11 is 0. The minimum atomic E-state index is -0.540. The van der Waals surface area contributed by atoms with Crippen LogP contribution in [0.3, 0.4) is 0 Å². The van der Waals surface area contributed by atoms with Crippen LogP contribution in [0.2, 0.25) is 0 Å². The van der Waals surface area contributed by atoms with Gasteiger partial charge >= 0.3 is 5.69 Å². The second-order valence-electron chi connectivity index (χ2n) is 3.39. The van der Waals surface area contributed by atoms with E-state index in [0.717, 1.165) is 4.57 Å². The molecule has 0 spiro atoms. The van der Waals surface area contributed by atoms with Gasteiger partial charge in [-0.05, 0) is 31.2 Å². The van der Waals surface area contributed by atoms with Crippen molar-refractivity contribution >= 4 is 12.4 Å². The average Bonchev–Trinajstić information content (AvgIpc) is 2.27. The largest absolute Gasteiger partial charge is 0.332 e. The highest BCUT2D eigenvalue weighted by atomic mass is 35.5. The second kappa shape index (κ2) is 4.97. The van der Waals surface area contributed by atoms with Gasteiger partial charge in [0.05, 0.1) is 5.69 Å². The van der Waals surface area contributed by atoms with Crippen LogP contribution >= 0.6 is 12.4 Å². The molecule has 0 radical (unpaired) electrons. The Morgan fingerprint density at radius 2 is 1.76 bits per heavy atom. The molecule has 6 heteroatoms. The van der Waals surface area contributed by atoms with Crippen molar-refractivity contribution in [2.75, 3.05) is 0 Å². The van der Waals surface area contributed by atoms with Gasteiger partial charge in [0.1, 0.15) is 5.82 Å². The molecule has 1 N–H and O–H groups in total. The van der Waals surface area contributed by atoms with E-state index in [1.807, 2.05) is 0 Å². The highest BCUT2D eigenvalue weighted by molar-refractivity contribution is 5.85. The lowest BCUT2D eigenvalue weighted by molar-refractivity contribution is 0.627. The molecule has 0 aliphatic rings. The maximum Gasteiger partial charge on any atom is 0.332 e. The van der Waals surface area contributed by atoms with Gasteiger partial charge in [-0.15, -0.1) is 12.4 Å². The summed E-state index contributed by atoms with van der Waals surface area (Å²) in [4.78, 5) is 25.7. The molecule has 0 saturated carbocycles. The van der Waals surface area contributed by atoms with Crippen LogP contribution in [0, 0.1) is 12.7 Å². The Hall–Kier alpha value is -1.88. The van der Waals surface area contributed by atoms with Crippen LogP contribution in [0.5, 0.6) is 0 Å². The summed E-state index contributed by atoms with van der Waals surface area (Å²) in [5.41, 5.74) is -0.183. The van der Waals surface area contributed by atoms with Crippen LogP contribution in [0.1, 0.15) is 5.56 Å². The second-order valence-corrected chi connectivity index (χ2v) is 3.39. The first-order valence-corrected chi connectivity index (χ1v) is 4.67. The molecular weight excluding hydrogens is 247 g/mol. The van der Waals surface area contributed by atoms with Crippen molar-refractivity contribution in [3.63, 3.8) is 0 Å². The number of H-pyrrole nitrogens is 1. The zero-order chi connectivity index (χ0) is 11.7. The van der Waals surface area contributed by atoms with E-state index in [0.29, 0.717) is 11.3 Å². The number of aromatic nitrogens is 2. The summed E-state index contributed by atoms with van der Waals surface area (Å²) in [5, 5.41) is 0. The standard InChI is InChI=1S/C11H9FN2O2.ClH/c1-7-6-13-11(16)14(10(7)15)9-4-2-8(12)3-5-9;/h2-6H,1H3,(H,13,16);1H. The molecule has 0 aliphatic carbocycles. The number of benzene rings is 1. The van der Waals surface area contributed by atoms with Crippen molar-refractivity contribution < 1.29 is 4.39 Å². The van der Waals surface area contributed by atoms with Crippen molar-refractivity contribution in [3.05, 3.63) is 62.7 Å². The lowest BCUT2D eigenvalue weighted by Gasteiger charge is -2.04. The van der Waals surface area contributed by atoms with E-state index in [1.165, 1.54) is 30.5 Å². The number of hydrogen-bond acceptors (Lipinski definition) is 2. The van der Waals surface area contributed by atoms with E-state index < -0.39 is 17.1 Å². The number of aromatic amines is 1. The van der Waals surface area contributed by atoms with Crippen molar-refractivity contribution in [2.24, 2.45) is 0 Å². The number of hydrogen-bond donors (Lipinski definition) is 1. The van der Waals surface area contributed by atoms with E-state index >= 15 is 0 Å². The molecule has 2 aromatic rings. The highest BCUT2D eigenvalue weighted by Gasteiger charge is 2.06. The average molecular weight is 257 g/mol. The third-order valence-electron chi connectivity index (χ3n) is 2.24. The fourth-order valence-electron chi connectivity index (χ4n) is 1.39. The lowest BCUT2D eigenvalue weighted by atomic mass is 10.3. The van der Waals surface area contributed by atoms with Gasteiger partial charge in [-0.1, -0.05) is 0 Å². The Morgan fingerprint density at radius 1 is 1.18 bits per heavy atom. The Balaban J connectivity index is 0.00000144. The van der Waals surface area contributed by atoms with Crippen molar-refractivity contribution in [1.29, 1.82) is 0 Å². The summed E-state index contributed by atoms with van der Waals surface area (Å²) in [6.07, 6.45) is 1.35. The van der Waals surface area contributed by atoms with Crippen LogP contribution < -0.4 is 11.2 Å². The zero-order valence-corrected chi connectivity index (χ0v) is 9.75. The fourth-order valence-corrected chi connectivity index (χ4v) is 1.39. The number of halogens is 2. The Bertz CT molecular complexity index is 631. The molecule has 1 aromatic heterocycles. The molecule has 0 aliphatic heterocycles. The van der Waals surface area contributed by atoms with Crippen molar-refractivity contribution in [3.8, 4) is 5.69 Å². The Kier molecular flexibility index (Phi) is 3.85. The quantitative estimate of drug-likeness (QED) is 0.838. The van der Waals surface area contributed by atoms with Crippen molar-refractivity contribution in [2.45, 2.75) is 6.92 Å². The molecule has 0 amide bonds. The highest BCUT2D eigenvalue weighted by Crippen LogP contribution is 2.04. The number of nitrogens with zero attached hydrogens (tertiary/aromatic N) is 1. The first-order valence-electron chi connectivity index (χ1n) is 4.67. The van der Waals surface area contributed by atoms with Gasteiger partial charge in [0.15, 0.2) is 0 Å². The third-order valence-corrected chi connectivity index (χ3v) is 2.24. The monoisotopic (exact) mass is 256 g/mol. The molecule has 4 nitrogen and oxygen atoms in total. The molecule has 17 heavy (non-hydrogen) atoms. The maximum absolute atomic E-state index is 12.7. The molecular formula is C11H10ClFN2O2. The predicted octanol–water partition coefficient (Wildman–Crippen LogP) is 1.40. The molecule has 0 unspecified atom stereocenters. The SMILES string of the molecule is Cc1c[nH]c(=O)n(-c2ccc(F)cc2)c1=O.Cl. The summed E-state index contributed by atoms with van der Waals surface area (Å²) < 4.78 is 13.7. The number of aryl methyl sites for hydroxylation is 1. The van der Waals surface area contributed by atoms with Gasteiger partial charge in [-0.25, -0.2) is 13.8 Å². The molecule has 1 aromatic carbocycles. The first kappa shape index (κ1) is 13.2. The summed E-state index contributed by atoms with van der Waals surface area (Å²) in [7, 11) is 0. The zero-order valence-electron chi connectivity index (χ0n) is 8.94. The molecule has 90 valence electrons. The minimum absolute atomic E-state index is 0. The van der Waals surface area contributed by atoms with Gasteiger partial charge in [0.2, 0.25) is 0 Å². The summed E-state index contributed by atoms with van der Waals surface area (Å²) in [6, 6.07) is 5.16. The van der Waals surface area contributed by atoms with E-state index in [1.54, 1.807) is 6.92 Å². The first-order chi connectivity index (χ1) is 7.59. The van der Waals surface area contributed by atoms with Gasteiger partial charge in [-0.3, -0.25) is 4.79 Å². The lowest BCUT2D eigenvalue weighted by Crippen LogP contribution is -2.34. The van der Waals surface area contributed by atoms with Crippen molar-refractivity contribution in [1.82, 2.24) is 9.55 Å². The van der Waals surface area contributed by atoms with Crippen LogP contribution in [0.4, 0.5) is 4.39 Å². The van der Waals surface area contributed by atoms with Gasteiger partial charge < -0.3 is 4.98 Å². The van der Waals surface area contributed by atoms with E-state index in [2.05, 4.69) is 4.98 Å². The Morgan fingerprint density at radius 3 is 2.35 bits per heavy atom. The molecule has 0 fully saturated rings. The minimum Gasteiger partial charge on any atom is -0.313 e. The van der Waals surface area contributed by atoms with Crippen LogP contribution in [0.15, 0.2) is 40.1 Å². The third kappa shape index (κ3) is 2.45. The normalized spacial score (nSPS) is 9.76. The molecule has 1 heterocycles. The molecule has 0 bridgehead atoms. The molecule has 0 atom stereocenters. The van der Waals surface area contributed by atoms with Crippen LogP contribution in [0.25, 0.3) is 5.69 Å². The topological polar surface area (TPSA) is 54.9 Å². The number of rotatable bonds is 1. The van der Waals surface area contributed by atoms with Crippen LogP contribution in [-0.2, 0) is 0 Å². The summed E-state index contributed by atoms with van der Waals surface area (Å²) in [6.45, 7) is 1.60. The van der Waals surface area contributed by atoms with Gasteiger partial charge in [-0.2, -0.15) is 0 Å². The van der Waals surface area contributed by atoms with Gasteiger partial charge in [0, 0.05) is 11.8 Å². The smallest absolute Gasteiger partial charge is 0.313 e. The molecule has 2 rings (SSSR count). The van der Waals surface area contributed by atoms with E-state index in [9.17, 15) is 14.0 Å². The Labute approximate surface area is 102 Å². The maximum atomic E-state index is 12.7. The summed E-state index contributed by atoms with van der Waals surface area (Å²) in [5.74, 6) is -0.416.